The van der Waals surface area contributed by atoms with Crippen molar-refractivity contribution < 1.29 is 9.53 Å². The van der Waals surface area contributed by atoms with Crippen LogP contribution in [0.2, 0.25) is 0 Å². The maximum atomic E-state index is 12.4. The third-order valence-corrected chi connectivity index (χ3v) is 4.34. The maximum Gasteiger partial charge on any atom is 0.249 e. The van der Waals surface area contributed by atoms with Crippen LogP contribution in [0, 0.1) is 6.92 Å². The number of carbonyl (C=O) groups is 1. The minimum Gasteiger partial charge on any atom is -0.375 e. The lowest BCUT2D eigenvalue weighted by Crippen LogP contribution is -2.41. The van der Waals surface area contributed by atoms with Gasteiger partial charge in [-0.25, -0.2) is 9.97 Å². The van der Waals surface area contributed by atoms with Crippen LogP contribution in [0.3, 0.4) is 0 Å². The van der Waals surface area contributed by atoms with Crippen molar-refractivity contribution in [1.29, 1.82) is 0 Å². The van der Waals surface area contributed by atoms with E-state index in [9.17, 15) is 4.79 Å². The number of methoxy groups -OCH3 is 1. The molecule has 1 aliphatic heterocycles. The molecule has 2 aromatic heterocycles. The molecule has 24 heavy (non-hydrogen) atoms. The number of aryl methyl sites for hydroxylation is 2. The quantitative estimate of drug-likeness (QED) is 0.856. The summed E-state index contributed by atoms with van der Waals surface area (Å²) in [6.45, 7) is 2.78. The van der Waals surface area contributed by atoms with E-state index in [0.717, 1.165) is 42.9 Å². The van der Waals surface area contributed by atoms with E-state index in [1.165, 1.54) is 0 Å². The first kappa shape index (κ1) is 16.6. The van der Waals surface area contributed by atoms with Crippen molar-refractivity contribution in [3.8, 4) is 11.4 Å². The predicted octanol–water partition coefficient (Wildman–Crippen LogP) is 1.89. The number of nitrogens with zero attached hydrogens (tertiary/aromatic N) is 5. The summed E-state index contributed by atoms with van der Waals surface area (Å²) < 4.78 is 6.81. The minimum atomic E-state index is -0.0896. The summed E-state index contributed by atoms with van der Waals surface area (Å²) in [5.41, 5.74) is 2.66. The highest BCUT2D eigenvalue weighted by Crippen LogP contribution is 2.30. The van der Waals surface area contributed by atoms with Crippen molar-refractivity contribution in [1.82, 2.24) is 24.6 Å². The van der Waals surface area contributed by atoms with E-state index in [2.05, 4.69) is 10.1 Å². The van der Waals surface area contributed by atoms with Gasteiger partial charge in [-0.2, -0.15) is 5.10 Å². The number of amides is 1. The van der Waals surface area contributed by atoms with Gasteiger partial charge in [-0.05, 0) is 38.3 Å². The van der Waals surface area contributed by atoms with E-state index in [0.29, 0.717) is 5.82 Å². The van der Waals surface area contributed by atoms with Crippen LogP contribution in [-0.2, 0) is 16.6 Å². The molecule has 0 bridgehead atoms. The Hall–Kier alpha value is -2.28. The van der Waals surface area contributed by atoms with Crippen LogP contribution in [-0.4, -0.2) is 50.8 Å². The monoisotopic (exact) mass is 329 g/mol. The van der Waals surface area contributed by atoms with Crippen molar-refractivity contribution in [2.75, 3.05) is 20.3 Å². The largest absolute Gasteiger partial charge is 0.375 e. The Morgan fingerprint density at radius 2 is 2.21 bits per heavy atom. The van der Waals surface area contributed by atoms with Crippen molar-refractivity contribution in [3.63, 3.8) is 0 Å². The lowest BCUT2D eigenvalue weighted by Gasteiger charge is -2.34. The molecule has 0 saturated carbocycles. The lowest BCUT2D eigenvalue weighted by atomic mass is 10.0. The lowest BCUT2D eigenvalue weighted by molar-refractivity contribution is -0.139. The van der Waals surface area contributed by atoms with Crippen molar-refractivity contribution in [3.05, 3.63) is 29.8 Å². The Morgan fingerprint density at radius 1 is 1.38 bits per heavy atom. The molecule has 128 valence electrons. The zero-order valence-electron chi connectivity index (χ0n) is 14.4. The van der Waals surface area contributed by atoms with Crippen LogP contribution < -0.4 is 0 Å². The van der Waals surface area contributed by atoms with Gasteiger partial charge in [-0.3, -0.25) is 9.48 Å². The molecule has 1 saturated heterocycles. The Balaban J connectivity index is 1.96. The molecule has 3 rings (SSSR count). The zero-order valence-corrected chi connectivity index (χ0v) is 14.4. The molecule has 1 aliphatic rings. The van der Waals surface area contributed by atoms with Gasteiger partial charge >= 0.3 is 0 Å². The Morgan fingerprint density at radius 3 is 2.92 bits per heavy atom. The molecule has 0 unspecified atom stereocenters. The second kappa shape index (κ2) is 7.09. The molecule has 1 atom stereocenters. The molecule has 0 N–H and O–H groups in total. The average Bonchev–Trinajstić information content (AvgIpc) is 3.00. The van der Waals surface area contributed by atoms with Gasteiger partial charge in [0.1, 0.15) is 6.61 Å². The zero-order chi connectivity index (χ0) is 17.1. The molecule has 2 aromatic rings. The maximum absolute atomic E-state index is 12.4. The molecule has 0 spiro atoms. The standard InChI is InChI=1S/C17H23N5O2/c1-12-10-13(14-7-8-18-21(14)2)20-17(19-12)15-6-4-5-9-22(15)16(23)11-24-3/h7-8,10,15H,4-6,9,11H2,1-3H3/t15-/m1/s1. The molecule has 3 heterocycles. The fourth-order valence-electron chi connectivity index (χ4n) is 3.20. The fourth-order valence-corrected chi connectivity index (χ4v) is 3.20. The number of hydrogen-bond acceptors (Lipinski definition) is 5. The molecule has 7 heteroatoms. The highest BCUT2D eigenvalue weighted by molar-refractivity contribution is 5.78. The number of ether oxygens (including phenoxy) is 1. The summed E-state index contributed by atoms with van der Waals surface area (Å²) in [7, 11) is 3.43. The second-order valence-electron chi connectivity index (χ2n) is 6.12. The summed E-state index contributed by atoms with van der Waals surface area (Å²) >= 11 is 0. The van der Waals surface area contributed by atoms with Gasteiger partial charge in [0.2, 0.25) is 5.91 Å². The van der Waals surface area contributed by atoms with Gasteiger partial charge in [-0.1, -0.05) is 0 Å². The summed E-state index contributed by atoms with van der Waals surface area (Å²) in [6, 6.07) is 3.79. The van der Waals surface area contributed by atoms with Crippen LogP contribution in [0.15, 0.2) is 18.3 Å². The van der Waals surface area contributed by atoms with Gasteiger partial charge in [-0.15, -0.1) is 0 Å². The number of piperidine rings is 1. The highest BCUT2D eigenvalue weighted by atomic mass is 16.5. The molecule has 7 nitrogen and oxygen atoms in total. The Labute approximate surface area is 141 Å². The average molecular weight is 329 g/mol. The number of likely N-dealkylation sites (tertiary alicyclic amines) is 1. The van der Waals surface area contributed by atoms with Crippen LogP contribution in [0.25, 0.3) is 11.4 Å². The molecule has 1 fully saturated rings. The predicted molar refractivity (Wildman–Crippen MR) is 89.2 cm³/mol. The second-order valence-corrected chi connectivity index (χ2v) is 6.12. The van der Waals surface area contributed by atoms with Gasteiger partial charge in [0, 0.05) is 32.6 Å². The summed E-state index contributed by atoms with van der Waals surface area (Å²) in [5.74, 6) is 0.699. The van der Waals surface area contributed by atoms with E-state index in [1.54, 1.807) is 18.0 Å². The first-order valence-electron chi connectivity index (χ1n) is 8.22. The summed E-state index contributed by atoms with van der Waals surface area (Å²) in [6.07, 6.45) is 4.71. The van der Waals surface area contributed by atoms with Gasteiger partial charge < -0.3 is 9.64 Å². The van der Waals surface area contributed by atoms with Gasteiger partial charge in [0.05, 0.1) is 17.4 Å². The van der Waals surface area contributed by atoms with Gasteiger partial charge in [0.25, 0.3) is 0 Å². The van der Waals surface area contributed by atoms with E-state index in [-0.39, 0.29) is 18.6 Å². The first-order chi connectivity index (χ1) is 11.6. The number of aromatic nitrogens is 4. The molecular weight excluding hydrogens is 306 g/mol. The van der Waals surface area contributed by atoms with Crippen LogP contribution in [0.4, 0.5) is 0 Å². The third kappa shape index (κ3) is 3.31. The number of rotatable bonds is 4. The van der Waals surface area contributed by atoms with E-state index in [4.69, 9.17) is 9.72 Å². The summed E-state index contributed by atoms with van der Waals surface area (Å²) in [5, 5.41) is 4.21. The Kier molecular flexibility index (Phi) is 4.89. The topological polar surface area (TPSA) is 73.1 Å². The van der Waals surface area contributed by atoms with E-state index >= 15 is 0 Å². The van der Waals surface area contributed by atoms with E-state index < -0.39 is 0 Å². The van der Waals surface area contributed by atoms with Crippen LogP contribution in [0.1, 0.15) is 36.8 Å². The number of hydrogen-bond donors (Lipinski definition) is 0. The van der Waals surface area contributed by atoms with E-state index in [1.807, 2.05) is 31.0 Å². The highest BCUT2D eigenvalue weighted by Gasteiger charge is 2.30. The van der Waals surface area contributed by atoms with Crippen LogP contribution in [0.5, 0.6) is 0 Å². The number of carbonyl (C=O) groups excluding carboxylic acids is 1. The molecule has 0 aromatic carbocycles. The minimum absolute atomic E-state index is 0.00519. The fraction of sp³-hybridized carbons (Fsp3) is 0.529. The van der Waals surface area contributed by atoms with Crippen molar-refractivity contribution in [2.24, 2.45) is 7.05 Å². The van der Waals surface area contributed by atoms with Gasteiger partial charge in [0.15, 0.2) is 5.82 Å². The molecule has 0 aliphatic carbocycles. The summed E-state index contributed by atoms with van der Waals surface area (Å²) in [4.78, 5) is 23.6. The van der Waals surface area contributed by atoms with Crippen molar-refractivity contribution in [2.45, 2.75) is 32.2 Å². The molecule has 0 radical (unpaired) electrons. The smallest absolute Gasteiger partial charge is 0.249 e. The van der Waals surface area contributed by atoms with Crippen molar-refractivity contribution >= 4 is 5.91 Å². The first-order valence-corrected chi connectivity index (χ1v) is 8.22. The third-order valence-electron chi connectivity index (χ3n) is 4.34. The Bertz CT molecular complexity index is 728. The SMILES string of the molecule is COCC(=O)N1CCCC[C@@H]1c1nc(C)cc(-c2ccnn2C)n1. The normalized spacial score (nSPS) is 18.0. The molecular formula is C17H23N5O2. The van der Waals surface area contributed by atoms with Crippen LogP contribution >= 0.6 is 0 Å². The molecule has 1 amide bonds.